The van der Waals surface area contributed by atoms with E-state index in [9.17, 15) is 10.1 Å². The molecule has 0 amide bonds. The Morgan fingerprint density at radius 1 is 1.10 bits per heavy atom. The first kappa shape index (κ1) is 25.8. The van der Waals surface area contributed by atoms with E-state index < -0.39 is 12.1 Å². The second-order valence-corrected chi connectivity index (χ2v) is 8.95. The number of allylic oxidation sites excluding steroid dienone is 2. The van der Waals surface area contributed by atoms with Crippen molar-refractivity contribution in [2.45, 2.75) is 25.6 Å². The van der Waals surface area contributed by atoms with Crippen LogP contribution in [0.1, 0.15) is 34.9 Å². The maximum Gasteiger partial charge on any atom is 0.306 e. The summed E-state index contributed by atoms with van der Waals surface area (Å²) in [6, 6.07) is 25.0. The van der Waals surface area contributed by atoms with Gasteiger partial charge in [0.1, 0.15) is 36.0 Å². The van der Waals surface area contributed by atoms with Gasteiger partial charge in [0.2, 0.25) is 0 Å². The summed E-state index contributed by atoms with van der Waals surface area (Å²) in [6.07, 6.45) is 1.64. The van der Waals surface area contributed by atoms with Crippen LogP contribution < -0.4 is 14.2 Å². The van der Waals surface area contributed by atoms with E-state index in [0.717, 1.165) is 27.7 Å². The smallest absolute Gasteiger partial charge is 0.306 e. The number of pyridine rings is 1. The van der Waals surface area contributed by atoms with Crippen molar-refractivity contribution in [3.05, 3.63) is 107 Å². The van der Waals surface area contributed by atoms with Gasteiger partial charge in [-0.25, -0.2) is 4.98 Å². The van der Waals surface area contributed by atoms with Crippen LogP contribution in [0, 0.1) is 11.3 Å². The van der Waals surface area contributed by atoms with E-state index in [0.29, 0.717) is 29.2 Å². The number of ether oxygens (including phenoxy) is 4. The van der Waals surface area contributed by atoms with E-state index in [1.807, 2.05) is 66.7 Å². The predicted molar refractivity (Wildman–Crippen MR) is 144 cm³/mol. The maximum atomic E-state index is 11.1. The molecule has 1 aliphatic heterocycles. The number of nitrogens with zero attached hydrogens (tertiary/aromatic N) is 2. The van der Waals surface area contributed by atoms with Crippen LogP contribution in [0.3, 0.4) is 0 Å². The fourth-order valence-electron chi connectivity index (χ4n) is 4.42. The summed E-state index contributed by atoms with van der Waals surface area (Å²) in [5, 5.41) is 19.4. The molecule has 1 unspecified atom stereocenters. The van der Waals surface area contributed by atoms with Crippen molar-refractivity contribution >= 4 is 16.9 Å². The monoisotopic (exact) mass is 522 g/mol. The fraction of sp³-hybridized carbons (Fsp3) is 0.194. The first-order valence-electron chi connectivity index (χ1n) is 12.4. The third kappa shape index (κ3) is 6.00. The van der Waals surface area contributed by atoms with Crippen molar-refractivity contribution < 1.29 is 28.8 Å². The van der Waals surface area contributed by atoms with Gasteiger partial charge in [0.25, 0.3) is 0 Å². The molecule has 0 spiro atoms. The highest BCUT2D eigenvalue weighted by Crippen LogP contribution is 2.38. The van der Waals surface area contributed by atoms with E-state index in [4.69, 9.17) is 24.1 Å². The van der Waals surface area contributed by atoms with Gasteiger partial charge in [-0.3, -0.25) is 4.79 Å². The van der Waals surface area contributed by atoms with Crippen LogP contribution in [0.4, 0.5) is 0 Å². The van der Waals surface area contributed by atoms with Crippen LogP contribution >= 0.6 is 0 Å². The lowest BCUT2D eigenvalue weighted by molar-refractivity contribution is -0.137. The van der Waals surface area contributed by atoms with Gasteiger partial charge in [0.05, 0.1) is 24.2 Å². The molecule has 0 fully saturated rings. The van der Waals surface area contributed by atoms with E-state index >= 15 is 0 Å². The van der Waals surface area contributed by atoms with Gasteiger partial charge in [-0.05, 0) is 60.0 Å². The molecule has 5 rings (SSSR count). The third-order valence-electron chi connectivity index (χ3n) is 6.35. The van der Waals surface area contributed by atoms with Crippen LogP contribution in [0.25, 0.3) is 10.9 Å². The Balaban J connectivity index is 1.43. The molecule has 3 aromatic carbocycles. The van der Waals surface area contributed by atoms with Crippen LogP contribution in [-0.4, -0.2) is 29.8 Å². The van der Waals surface area contributed by atoms with Gasteiger partial charge in [0, 0.05) is 18.1 Å². The lowest BCUT2D eigenvalue weighted by atomic mass is 9.97. The average Bonchev–Trinajstić information content (AvgIpc) is 2.96. The molecular formula is C31H26N2O6. The van der Waals surface area contributed by atoms with Crippen molar-refractivity contribution in [1.82, 2.24) is 4.98 Å². The Kier molecular flexibility index (Phi) is 7.71. The molecule has 1 N–H and O–H groups in total. The second-order valence-electron chi connectivity index (χ2n) is 8.95. The summed E-state index contributed by atoms with van der Waals surface area (Å²) in [5.74, 6) is 0.962. The lowest BCUT2D eigenvalue weighted by Crippen LogP contribution is -2.11. The number of nitriles is 1. The van der Waals surface area contributed by atoms with Gasteiger partial charge < -0.3 is 24.1 Å². The second kappa shape index (κ2) is 11.7. The molecule has 1 aliphatic rings. The number of aromatic nitrogens is 1. The van der Waals surface area contributed by atoms with E-state index in [1.165, 1.54) is 0 Å². The number of benzene rings is 3. The molecule has 0 aliphatic carbocycles. The number of hydrogen-bond donors (Lipinski definition) is 1. The van der Waals surface area contributed by atoms with Crippen molar-refractivity contribution in [3.63, 3.8) is 0 Å². The topological polar surface area (TPSA) is 111 Å². The normalized spacial score (nSPS) is 13.0. The number of rotatable bonds is 10. The maximum absolute atomic E-state index is 11.1. The van der Waals surface area contributed by atoms with Crippen LogP contribution in [-0.2, 0) is 22.6 Å². The minimum Gasteiger partial charge on any atom is -0.493 e. The highest BCUT2D eigenvalue weighted by atomic mass is 16.5. The van der Waals surface area contributed by atoms with E-state index in [2.05, 4.69) is 4.98 Å². The zero-order valence-corrected chi connectivity index (χ0v) is 21.3. The number of carbonyl (C=O) groups is 1. The van der Waals surface area contributed by atoms with Crippen LogP contribution in [0.2, 0.25) is 0 Å². The highest BCUT2D eigenvalue weighted by Gasteiger charge is 2.22. The molecule has 0 saturated carbocycles. The number of carboxylic acid groups (broad SMARTS) is 1. The zero-order chi connectivity index (χ0) is 27.2. The fourth-order valence-corrected chi connectivity index (χ4v) is 4.42. The molecule has 2 heterocycles. The Morgan fingerprint density at radius 2 is 1.97 bits per heavy atom. The number of methoxy groups -OCH3 is 1. The van der Waals surface area contributed by atoms with Crippen LogP contribution in [0.15, 0.2) is 84.6 Å². The van der Waals surface area contributed by atoms with Gasteiger partial charge in [0.15, 0.2) is 5.76 Å². The summed E-state index contributed by atoms with van der Waals surface area (Å²) >= 11 is 0. The summed E-state index contributed by atoms with van der Waals surface area (Å²) in [4.78, 5) is 15.7. The largest absolute Gasteiger partial charge is 0.493 e. The summed E-state index contributed by atoms with van der Waals surface area (Å²) in [5.41, 5.74) is 4.09. The van der Waals surface area contributed by atoms with Gasteiger partial charge in [-0.15, -0.1) is 0 Å². The Labute approximate surface area is 225 Å². The first-order chi connectivity index (χ1) is 19.0. The standard InChI is InChI=1S/C31H26N2O6/c1-36-31(22-7-6-21-9-11-25(18-32)39-29(21)16-22)26-17-24(12-13-28(26)37-15-14-30(34)35)38-19-23-10-8-20-4-2-3-5-27(20)33-23/h2-8,10-13,16-17,31H,9,14-15,19H2,1H3,(H,34,35). The van der Waals surface area contributed by atoms with Gasteiger partial charge >= 0.3 is 5.97 Å². The minimum atomic E-state index is -0.948. The van der Waals surface area contributed by atoms with Crippen molar-refractivity contribution in [2.24, 2.45) is 0 Å². The average molecular weight is 523 g/mol. The van der Waals surface area contributed by atoms with E-state index in [-0.39, 0.29) is 25.4 Å². The quantitative estimate of drug-likeness (QED) is 0.280. The van der Waals surface area contributed by atoms with Gasteiger partial charge in [-0.1, -0.05) is 36.4 Å². The van der Waals surface area contributed by atoms with Crippen LogP contribution in [0.5, 0.6) is 17.2 Å². The molecule has 8 nitrogen and oxygen atoms in total. The number of fused-ring (bicyclic) bond motifs is 2. The number of hydrogen-bond acceptors (Lipinski definition) is 7. The Bertz CT molecular complexity index is 1590. The minimum absolute atomic E-state index is 0.00358. The Morgan fingerprint density at radius 3 is 2.79 bits per heavy atom. The van der Waals surface area contributed by atoms with Crippen molar-refractivity contribution in [2.75, 3.05) is 13.7 Å². The Hall–Kier alpha value is -4.87. The van der Waals surface area contributed by atoms with Crippen molar-refractivity contribution in [1.29, 1.82) is 5.26 Å². The number of carboxylic acids is 1. The number of aliphatic carboxylic acids is 1. The third-order valence-corrected chi connectivity index (χ3v) is 6.35. The molecule has 1 aromatic heterocycles. The summed E-state index contributed by atoms with van der Waals surface area (Å²) < 4.78 is 23.6. The molecule has 39 heavy (non-hydrogen) atoms. The summed E-state index contributed by atoms with van der Waals surface area (Å²) in [6.45, 7) is 0.265. The molecular weight excluding hydrogens is 496 g/mol. The summed E-state index contributed by atoms with van der Waals surface area (Å²) in [7, 11) is 1.58. The molecule has 0 radical (unpaired) electrons. The lowest BCUT2D eigenvalue weighted by Gasteiger charge is -2.23. The number of para-hydroxylation sites is 1. The SMILES string of the molecule is COC(c1ccc2c(c1)OC(C#N)=CC2)c1cc(OCc2ccc3ccccc3n2)ccc1OCCC(=O)O. The zero-order valence-electron chi connectivity index (χ0n) is 21.3. The molecule has 196 valence electrons. The molecule has 0 bridgehead atoms. The molecule has 0 saturated heterocycles. The molecule has 8 heteroatoms. The molecule has 1 atom stereocenters. The van der Waals surface area contributed by atoms with Crippen molar-refractivity contribution in [3.8, 4) is 23.3 Å². The highest BCUT2D eigenvalue weighted by molar-refractivity contribution is 5.78. The van der Waals surface area contributed by atoms with Gasteiger partial charge in [-0.2, -0.15) is 5.26 Å². The first-order valence-corrected chi connectivity index (χ1v) is 12.4. The molecule has 4 aromatic rings. The predicted octanol–water partition coefficient (Wildman–Crippen LogP) is 5.75. The van der Waals surface area contributed by atoms with E-state index in [1.54, 1.807) is 25.3 Å².